The average molecular weight is 323 g/mol. The molecule has 3 aromatic rings. The van der Waals surface area contributed by atoms with Gasteiger partial charge in [-0.3, -0.25) is 9.69 Å². The largest absolute Gasteiger partial charge is 0.508 e. The number of thiazole rings is 1. The highest BCUT2D eigenvalue weighted by molar-refractivity contribution is 7.13. The van der Waals surface area contributed by atoms with E-state index < -0.39 is 0 Å². The summed E-state index contributed by atoms with van der Waals surface area (Å²) in [6.45, 7) is 0. The Hall–Kier alpha value is -2.86. The molecule has 0 radical (unpaired) electrons. The van der Waals surface area contributed by atoms with Crippen LogP contribution in [0.15, 0.2) is 60.1 Å². The third kappa shape index (κ3) is 2.33. The Bertz CT molecular complexity index is 847. The van der Waals surface area contributed by atoms with Crippen LogP contribution in [0.3, 0.4) is 0 Å². The quantitative estimate of drug-likeness (QED) is 0.756. The molecule has 1 atom stereocenters. The maximum atomic E-state index is 13.0. The van der Waals surface area contributed by atoms with Crippen molar-refractivity contribution in [1.82, 2.24) is 4.98 Å². The fraction of sp³-hybridized carbons (Fsp3) is 0.0588. The van der Waals surface area contributed by atoms with Gasteiger partial charge < -0.3 is 10.4 Å². The summed E-state index contributed by atoms with van der Waals surface area (Å²) in [4.78, 5) is 18.9. The molecule has 1 unspecified atom stereocenters. The first-order valence-electron chi connectivity index (χ1n) is 7.11. The number of aromatic nitrogens is 1. The molecule has 2 heterocycles. The van der Waals surface area contributed by atoms with E-state index in [-0.39, 0.29) is 17.8 Å². The summed E-state index contributed by atoms with van der Waals surface area (Å²) in [7, 11) is 0. The van der Waals surface area contributed by atoms with Gasteiger partial charge in [0.2, 0.25) is 0 Å². The number of phenolic OH excluding ortho intramolecular Hbond substituents is 1. The van der Waals surface area contributed by atoms with Crippen LogP contribution in [-0.2, 0) is 0 Å². The third-order valence-corrected chi connectivity index (χ3v) is 4.53. The average Bonchev–Trinajstić information content (AvgIpc) is 3.09. The van der Waals surface area contributed by atoms with Crippen LogP contribution in [0.25, 0.3) is 0 Å². The lowest BCUT2D eigenvalue weighted by atomic mass is 10.0. The number of hydrogen-bond acceptors (Lipinski definition) is 5. The molecule has 0 fully saturated rings. The molecular weight excluding hydrogens is 310 g/mol. The number of carbonyl (C=O) groups excluding carboxylic acids is 1. The lowest BCUT2D eigenvalue weighted by Crippen LogP contribution is -2.43. The van der Waals surface area contributed by atoms with E-state index in [2.05, 4.69) is 10.3 Å². The van der Waals surface area contributed by atoms with Crippen molar-refractivity contribution in [2.75, 3.05) is 10.2 Å². The minimum atomic E-state index is -0.371. The molecule has 2 aromatic carbocycles. The predicted octanol–water partition coefficient (Wildman–Crippen LogP) is 3.62. The van der Waals surface area contributed by atoms with E-state index in [1.807, 2.05) is 23.6 Å². The summed E-state index contributed by atoms with van der Waals surface area (Å²) in [5.41, 5.74) is 2.29. The van der Waals surface area contributed by atoms with E-state index >= 15 is 0 Å². The Labute approximate surface area is 136 Å². The number of amides is 1. The Balaban J connectivity index is 1.85. The van der Waals surface area contributed by atoms with Crippen LogP contribution in [0.1, 0.15) is 22.1 Å². The summed E-state index contributed by atoms with van der Waals surface area (Å²) in [5.74, 6) is 0.101. The van der Waals surface area contributed by atoms with E-state index in [1.165, 1.54) is 11.3 Å². The molecule has 1 aliphatic heterocycles. The van der Waals surface area contributed by atoms with Gasteiger partial charge in [0.25, 0.3) is 5.91 Å². The maximum absolute atomic E-state index is 13.0. The number of aromatic hydroxyl groups is 1. The first-order valence-corrected chi connectivity index (χ1v) is 7.99. The third-order valence-electron chi connectivity index (χ3n) is 3.76. The SMILES string of the molecule is O=C1c2ccccc2NC(c2ccc(O)cc2)N1c1nccs1. The number of rotatable bonds is 2. The number of phenols is 1. The number of hydrogen-bond donors (Lipinski definition) is 2. The second-order valence-corrected chi connectivity index (χ2v) is 6.05. The molecule has 1 aliphatic rings. The molecule has 4 rings (SSSR count). The van der Waals surface area contributed by atoms with Crippen molar-refractivity contribution < 1.29 is 9.90 Å². The van der Waals surface area contributed by atoms with Crippen LogP contribution < -0.4 is 10.2 Å². The van der Waals surface area contributed by atoms with Crippen molar-refractivity contribution in [2.45, 2.75) is 6.17 Å². The van der Waals surface area contributed by atoms with Gasteiger partial charge in [-0.2, -0.15) is 0 Å². The lowest BCUT2D eigenvalue weighted by molar-refractivity contribution is 0.0975. The van der Waals surface area contributed by atoms with E-state index in [4.69, 9.17) is 0 Å². The van der Waals surface area contributed by atoms with Crippen molar-refractivity contribution in [3.63, 3.8) is 0 Å². The van der Waals surface area contributed by atoms with Crippen LogP contribution in [-0.4, -0.2) is 16.0 Å². The van der Waals surface area contributed by atoms with Crippen molar-refractivity contribution in [1.29, 1.82) is 0 Å². The smallest absolute Gasteiger partial charge is 0.264 e. The number of para-hydroxylation sites is 1. The summed E-state index contributed by atoms with van der Waals surface area (Å²) < 4.78 is 0. The van der Waals surface area contributed by atoms with Crippen LogP contribution >= 0.6 is 11.3 Å². The molecular formula is C17H13N3O2S. The fourth-order valence-corrected chi connectivity index (χ4v) is 3.34. The van der Waals surface area contributed by atoms with Gasteiger partial charge in [-0.25, -0.2) is 4.98 Å². The summed E-state index contributed by atoms with van der Waals surface area (Å²) in [6, 6.07) is 14.3. The molecule has 2 N–H and O–H groups in total. The standard InChI is InChI=1S/C17H13N3O2S/c21-12-7-5-11(6-8-12)15-19-14-4-2-1-3-13(14)16(22)20(15)17-18-9-10-23-17/h1-10,15,19,21H. The highest BCUT2D eigenvalue weighted by atomic mass is 32.1. The van der Waals surface area contributed by atoms with Gasteiger partial charge in [0, 0.05) is 17.3 Å². The van der Waals surface area contributed by atoms with Gasteiger partial charge in [0.1, 0.15) is 11.9 Å². The van der Waals surface area contributed by atoms with E-state index in [1.54, 1.807) is 41.4 Å². The molecule has 114 valence electrons. The van der Waals surface area contributed by atoms with Crippen LogP contribution in [0, 0.1) is 0 Å². The van der Waals surface area contributed by atoms with E-state index in [9.17, 15) is 9.90 Å². The molecule has 0 aliphatic carbocycles. The van der Waals surface area contributed by atoms with Crippen LogP contribution in [0.2, 0.25) is 0 Å². The fourth-order valence-electron chi connectivity index (χ4n) is 2.68. The first-order chi connectivity index (χ1) is 11.2. The molecule has 1 amide bonds. The molecule has 5 nitrogen and oxygen atoms in total. The molecule has 1 aromatic heterocycles. The molecule has 6 heteroatoms. The zero-order chi connectivity index (χ0) is 15.8. The van der Waals surface area contributed by atoms with E-state index in [0.29, 0.717) is 10.7 Å². The van der Waals surface area contributed by atoms with Crippen LogP contribution in [0.5, 0.6) is 5.75 Å². The molecule has 23 heavy (non-hydrogen) atoms. The van der Waals surface area contributed by atoms with Crippen LogP contribution in [0.4, 0.5) is 10.8 Å². The highest BCUT2D eigenvalue weighted by Gasteiger charge is 2.35. The predicted molar refractivity (Wildman–Crippen MR) is 89.8 cm³/mol. The Morgan fingerprint density at radius 3 is 2.65 bits per heavy atom. The number of fused-ring (bicyclic) bond motifs is 1. The normalized spacial score (nSPS) is 16.8. The second kappa shape index (κ2) is 5.40. The van der Waals surface area contributed by atoms with Crippen molar-refractivity contribution in [2.24, 2.45) is 0 Å². The summed E-state index contributed by atoms with van der Waals surface area (Å²) >= 11 is 1.41. The highest BCUT2D eigenvalue weighted by Crippen LogP contribution is 2.37. The molecule has 0 saturated carbocycles. The Morgan fingerprint density at radius 2 is 1.91 bits per heavy atom. The Kier molecular flexibility index (Phi) is 3.24. The van der Waals surface area contributed by atoms with Gasteiger partial charge in [0.15, 0.2) is 5.13 Å². The van der Waals surface area contributed by atoms with Gasteiger partial charge in [0.05, 0.1) is 5.56 Å². The molecule has 0 saturated heterocycles. The van der Waals surface area contributed by atoms with Crippen molar-refractivity contribution >= 4 is 28.1 Å². The number of anilines is 2. The second-order valence-electron chi connectivity index (χ2n) is 5.17. The number of carbonyl (C=O) groups is 1. The van der Waals surface area contributed by atoms with E-state index in [0.717, 1.165) is 11.3 Å². The van der Waals surface area contributed by atoms with Gasteiger partial charge >= 0.3 is 0 Å². The van der Waals surface area contributed by atoms with Gasteiger partial charge in [-0.05, 0) is 29.8 Å². The molecule has 0 spiro atoms. The number of benzene rings is 2. The zero-order valence-electron chi connectivity index (χ0n) is 12.0. The summed E-state index contributed by atoms with van der Waals surface area (Å²) in [5, 5.41) is 15.4. The minimum absolute atomic E-state index is 0.0904. The summed E-state index contributed by atoms with van der Waals surface area (Å²) in [6.07, 6.45) is 1.31. The number of nitrogens with one attached hydrogen (secondary N) is 1. The van der Waals surface area contributed by atoms with Crippen molar-refractivity contribution in [3.8, 4) is 5.75 Å². The monoisotopic (exact) mass is 323 g/mol. The van der Waals surface area contributed by atoms with Crippen molar-refractivity contribution in [3.05, 3.63) is 71.2 Å². The lowest BCUT2D eigenvalue weighted by Gasteiger charge is -2.36. The van der Waals surface area contributed by atoms with Gasteiger partial charge in [-0.1, -0.05) is 24.3 Å². The molecule has 0 bridgehead atoms. The zero-order valence-corrected chi connectivity index (χ0v) is 12.8. The topological polar surface area (TPSA) is 65.5 Å². The first kappa shape index (κ1) is 13.8. The maximum Gasteiger partial charge on any atom is 0.264 e. The van der Waals surface area contributed by atoms with Gasteiger partial charge in [-0.15, -0.1) is 11.3 Å². The minimum Gasteiger partial charge on any atom is -0.508 e. The number of nitrogens with zero attached hydrogens (tertiary/aromatic N) is 2. The Morgan fingerprint density at radius 1 is 1.13 bits per heavy atom.